The molecule has 1 N–H and O–H groups in total. The van der Waals surface area contributed by atoms with Crippen LogP contribution in [0.1, 0.15) is 10.4 Å². The van der Waals surface area contributed by atoms with Crippen molar-refractivity contribution in [2.75, 3.05) is 25.6 Å². The average Bonchev–Trinajstić information content (AvgIpc) is 2.63. The molecule has 0 spiro atoms. The molecule has 0 aliphatic heterocycles. The van der Waals surface area contributed by atoms with Crippen molar-refractivity contribution in [1.82, 2.24) is 0 Å². The molecule has 0 aromatic heterocycles. The number of methoxy groups -OCH3 is 1. The molecular weight excluding hydrogens is 408 g/mol. The first kappa shape index (κ1) is 22.2. The summed E-state index contributed by atoms with van der Waals surface area (Å²) in [6.07, 6.45) is -9.31. The van der Waals surface area contributed by atoms with Gasteiger partial charge in [0, 0.05) is 29.4 Å². The van der Waals surface area contributed by atoms with E-state index in [0.717, 1.165) is 18.2 Å². The lowest BCUT2D eigenvalue weighted by Crippen LogP contribution is -2.20. The van der Waals surface area contributed by atoms with Crippen LogP contribution in [0.25, 0.3) is 0 Å². The second kappa shape index (κ2) is 8.93. The monoisotopic (exact) mass is 423 g/mol. The van der Waals surface area contributed by atoms with Crippen molar-refractivity contribution in [2.45, 2.75) is 12.4 Å². The van der Waals surface area contributed by atoms with Gasteiger partial charge in [0.15, 0.2) is 13.2 Å². The first-order chi connectivity index (χ1) is 13.4. The maximum absolute atomic E-state index is 12.4. The van der Waals surface area contributed by atoms with Gasteiger partial charge < -0.3 is 19.5 Å². The van der Waals surface area contributed by atoms with Crippen LogP contribution >= 0.6 is 0 Å². The highest BCUT2D eigenvalue weighted by Gasteiger charge is 2.30. The van der Waals surface area contributed by atoms with E-state index in [1.807, 2.05) is 0 Å². The van der Waals surface area contributed by atoms with E-state index in [1.165, 1.54) is 31.4 Å². The summed E-state index contributed by atoms with van der Waals surface area (Å²) in [6, 6.07) is 8.81. The molecule has 0 unspecified atom stereocenters. The smallest absolute Gasteiger partial charge is 0.422 e. The lowest BCUT2D eigenvalue weighted by atomic mass is 10.2. The van der Waals surface area contributed by atoms with Crippen LogP contribution in [0.4, 0.5) is 32.0 Å². The standard InChI is InChI=1S/C18H15F6NO4/c1-27-13-4-2-11(3-5-13)16(26)25-12-6-14(28-9-17(19,20)21)8-15(7-12)29-10-18(22,23)24/h2-8H,9-10H2,1H3,(H,25,26). The Kier molecular flexibility index (Phi) is 6.83. The van der Waals surface area contributed by atoms with Crippen LogP contribution < -0.4 is 19.5 Å². The molecule has 5 nitrogen and oxygen atoms in total. The summed E-state index contributed by atoms with van der Waals surface area (Å²) in [5, 5.41) is 2.37. The molecule has 2 rings (SSSR count). The topological polar surface area (TPSA) is 56.8 Å². The molecule has 0 saturated heterocycles. The normalized spacial score (nSPS) is 11.7. The molecule has 0 atom stereocenters. The van der Waals surface area contributed by atoms with Gasteiger partial charge in [0.1, 0.15) is 17.2 Å². The van der Waals surface area contributed by atoms with Crippen LogP contribution in [0, 0.1) is 0 Å². The van der Waals surface area contributed by atoms with Crippen molar-refractivity contribution >= 4 is 11.6 Å². The Hall–Kier alpha value is -3.11. The van der Waals surface area contributed by atoms with Crippen LogP contribution in [0.15, 0.2) is 42.5 Å². The number of hydrogen-bond acceptors (Lipinski definition) is 4. The van der Waals surface area contributed by atoms with Gasteiger partial charge in [0.05, 0.1) is 7.11 Å². The number of amides is 1. The van der Waals surface area contributed by atoms with Gasteiger partial charge in [-0.1, -0.05) is 0 Å². The lowest BCUT2D eigenvalue weighted by Gasteiger charge is -2.15. The van der Waals surface area contributed by atoms with Crippen LogP contribution in [0.2, 0.25) is 0 Å². The lowest BCUT2D eigenvalue weighted by molar-refractivity contribution is -0.153. The first-order valence-electron chi connectivity index (χ1n) is 7.95. The van der Waals surface area contributed by atoms with Gasteiger partial charge in [-0.05, 0) is 24.3 Å². The third-order valence-corrected chi connectivity index (χ3v) is 3.30. The number of rotatable bonds is 7. The van der Waals surface area contributed by atoms with Crippen LogP contribution in [-0.2, 0) is 0 Å². The van der Waals surface area contributed by atoms with E-state index in [-0.39, 0.29) is 11.3 Å². The van der Waals surface area contributed by atoms with E-state index >= 15 is 0 Å². The molecule has 0 bridgehead atoms. The predicted octanol–water partition coefficient (Wildman–Crippen LogP) is 4.83. The Morgan fingerprint density at radius 2 is 1.31 bits per heavy atom. The fourth-order valence-corrected chi connectivity index (χ4v) is 2.09. The number of carbonyl (C=O) groups is 1. The van der Waals surface area contributed by atoms with E-state index in [0.29, 0.717) is 5.75 Å². The third-order valence-electron chi connectivity index (χ3n) is 3.30. The van der Waals surface area contributed by atoms with Gasteiger partial charge >= 0.3 is 12.4 Å². The van der Waals surface area contributed by atoms with Crippen molar-refractivity contribution < 1.29 is 45.3 Å². The van der Waals surface area contributed by atoms with Gasteiger partial charge in [0.2, 0.25) is 0 Å². The highest BCUT2D eigenvalue weighted by molar-refractivity contribution is 6.04. The number of halogens is 6. The Labute approximate surface area is 161 Å². The van der Waals surface area contributed by atoms with E-state index in [9.17, 15) is 31.1 Å². The van der Waals surface area contributed by atoms with Crippen LogP contribution in [-0.4, -0.2) is 38.6 Å². The first-order valence-corrected chi connectivity index (χ1v) is 7.95. The fraction of sp³-hybridized carbons (Fsp3) is 0.278. The van der Waals surface area contributed by atoms with Gasteiger partial charge in [-0.15, -0.1) is 0 Å². The summed E-state index contributed by atoms with van der Waals surface area (Å²) >= 11 is 0. The highest BCUT2D eigenvalue weighted by atomic mass is 19.4. The molecule has 0 heterocycles. The van der Waals surface area contributed by atoms with Gasteiger partial charge in [-0.25, -0.2) is 0 Å². The minimum Gasteiger partial charge on any atom is -0.497 e. The van der Waals surface area contributed by atoms with E-state index in [2.05, 4.69) is 14.8 Å². The summed E-state index contributed by atoms with van der Waals surface area (Å²) < 4.78 is 88.2. The Balaban J connectivity index is 2.21. The summed E-state index contributed by atoms with van der Waals surface area (Å²) in [4.78, 5) is 12.3. The molecule has 29 heavy (non-hydrogen) atoms. The fourth-order valence-electron chi connectivity index (χ4n) is 2.09. The molecule has 0 aliphatic carbocycles. The molecule has 2 aromatic carbocycles. The van der Waals surface area contributed by atoms with Gasteiger partial charge in [-0.3, -0.25) is 4.79 Å². The van der Waals surface area contributed by atoms with Crippen molar-refractivity contribution in [3.05, 3.63) is 48.0 Å². The van der Waals surface area contributed by atoms with E-state index in [1.54, 1.807) is 0 Å². The maximum atomic E-state index is 12.4. The van der Waals surface area contributed by atoms with Gasteiger partial charge in [0.25, 0.3) is 5.91 Å². The molecule has 0 fully saturated rings. The number of ether oxygens (including phenoxy) is 3. The maximum Gasteiger partial charge on any atom is 0.422 e. The predicted molar refractivity (Wildman–Crippen MR) is 90.5 cm³/mol. The zero-order valence-electron chi connectivity index (χ0n) is 14.9. The SMILES string of the molecule is COc1ccc(C(=O)Nc2cc(OCC(F)(F)F)cc(OCC(F)(F)F)c2)cc1. The minimum absolute atomic E-state index is 0.109. The zero-order valence-corrected chi connectivity index (χ0v) is 14.9. The van der Waals surface area contributed by atoms with Crippen LogP contribution in [0.5, 0.6) is 17.2 Å². The molecule has 1 amide bonds. The molecule has 11 heteroatoms. The average molecular weight is 423 g/mol. The quantitative estimate of drug-likeness (QED) is 0.649. The second-order valence-corrected chi connectivity index (χ2v) is 5.68. The number of anilines is 1. The van der Waals surface area contributed by atoms with Gasteiger partial charge in [-0.2, -0.15) is 26.3 Å². The number of alkyl halides is 6. The number of benzene rings is 2. The number of hydrogen-bond donors (Lipinski definition) is 1. The number of nitrogens with one attached hydrogen (secondary N) is 1. The van der Waals surface area contributed by atoms with Crippen molar-refractivity contribution in [1.29, 1.82) is 0 Å². The largest absolute Gasteiger partial charge is 0.497 e. The molecular formula is C18H15F6NO4. The molecule has 0 aliphatic rings. The second-order valence-electron chi connectivity index (χ2n) is 5.68. The number of carbonyl (C=O) groups excluding carboxylic acids is 1. The summed E-state index contributed by atoms with van der Waals surface area (Å²) in [6.45, 7) is -3.33. The Bertz CT molecular complexity index is 797. The molecule has 0 saturated carbocycles. The zero-order chi connectivity index (χ0) is 21.7. The summed E-state index contributed by atoms with van der Waals surface area (Å²) in [5.41, 5.74) is 0.0767. The summed E-state index contributed by atoms with van der Waals surface area (Å²) in [5.74, 6) is -1.01. The van der Waals surface area contributed by atoms with E-state index in [4.69, 9.17) is 4.74 Å². The molecule has 2 aromatic rings. The van der Waals surface area contributed by atoms with Crippen molar-refractivity contribution in [3.63, 3.8) is 0 Å². The highest BCUT2D eigenvalue weighted by Crippen LogP contribution is 2.29. The summed E-state index contributed by atoms with van der Waals surface area (Å²) in [7, 11) is 1.43. The minimum atomic E-state index is -4.66. The Morgan fingerprint density at radius 1 is 0.828 bits per heavy atom. The van der Waals surface area contributed by atoms with Crippen molar-refractivity contribution in [3.8, 4) is 17.2 Å². The Morgan fingerprint density at radius 3 is 1.72 bits per heavy atom. The van der Waals surface area contributed by atoms with Crippen LogP contribution in [0.3, 0.4) is 0 Å². The third kappa shape index (κ3) is 7.80. The molecule has 158 valence electrons. The van der Waals surface area contributed by atoms with E-state index < -0.39 is 43.0 Å². The van der Waals surface area contributed by atoms with Crippen molar-refractivity contribution in [2.24, 2.45) is 0 Å². The molecule has 0 radical (unpaired) electrons.